The van der Waals surface area contributed by atoms with Crippen molar-refractivity contribution < 1.29 is 14.3 Å². The van der Waals surface area contributed by atoms with E-state index in [0.717, 1.165) is 81.0 Å². The number of unbranched alkanes of at least 4 members (excludes halogenated alkanes) is 1. The Morgan fingerprint density at radius 2 is 1.85 bits per heavy atom. The standard InChI is InChI=1S/C26H32N4O3S/c27-26(31)28-25-20-6-1-2-7-23(20)34-24(25)8-3-4-11-29-12-5-13-30(15-14-29)19-9-10-21-22(18-19)33-17-16-32-21/h1-2,6-7,9-10,18H,3-5,8,11-17H2,(H3,27,28,31). The Bertz CT molecular complexity index is 1150. The van der Waals surface area contributed by atoms with E-state index in [-0.39, 0.29) is 0 Å². The number of fused-ring (bicyclic) bond motifs is 2. The van der Waals surface area contributed by atoms with Crippen molar-refractivity contribution in [3.8, 4) is 11.5 Å². The molecule has 180 valence electrons. The van der Waals surface area contributed by atoms with Crippen LogP contribution in [0.1, 0.15) is 24.1 Å². The number of aryl methyl sites for hydroxylation is 1. The Morgan fingerprint density at radius 1 is 1.00 bits per heavy atom. The lowest BCUT2D eigenvalue weighted by Gasteiger charge is -2.26. The molecule has 1 fully saturated rings. The number of rotatable bonds is 7. The molecule has 34 heavy (non-hydrogen) atoms. The summed E-state index contributed by atoms with van der Waals surface area (Å²) in [5, 5.41) is 3.93. The number of primary amides is 1. The molecule has 1 saturated heterocycles. The van der Waals surface area contributed by atoms with E-state index in [1.165, 1.54) is 15.3 Å². The molecule has 0 spiro atoms. The Kier molecular flexibility index (Phi) is 7.06. The minimum Gasteiger partial charge on any atom is -0.486 e. The van der Waals surface area contributed by atoms with Gasteiger partial charge in [-0.2, -0.15) is 0 Å². The molecule has 1 aromatic heterocycles. The van der Waals surface area contributed by atoms with Gasteiger partial charge in [0.1, 0.15) is 13.2 Å². The predicted octanol–water partition coefficient (Wildman–Crippen LogP) is 4.70. The largest absolute Gasteiger partial charge is 0.486 e. The summed E-state index contributed by atoms with van der Waals surface area (Å²) >= 11 is 1.75. The maximum absolute atomic E-state index is 11.5. The zero-order valence-corrected chi connectivity index (χ0v) is 20.2. The van der Waals surface area contributed by atoms with E-state index in [2.05, 4.69) is 33.3 Å². The summed E-state index contributed by atoms with van der Waals surface area (Å²) in [7, 11) is 0. The number of ether oxygens (including phenoxy) is 2. The first-order valence-electron chi connectivity index (χ1n) is 12.1. The number of nitrogens with one attached hydrogen (secondary N) is 1. The molecule has 3 aromatic rings. The van der Waals surface area contributed by atoms with Crippen LogP contribution in [0.4, 0.5) is 16.2 Å². The van der Waals surface area contributed by atoms with E-state index in [4.69, 9.17) is 15.2 Å². The number of hydrogen-bond acceptors (Lipinski definition) is 6. The maximum atomic E-state index is 11.5. The van der Waals surface area contributed by atoms with Gasteiger partial charge in [0.25, 0.3) is 0 Å². The highest BCUT2D eigenvalue weighted by Crippen LogP contribution is 2.37. The van der Waals surface area contributed by atoms with Crippen molar-refractivity contribution in [3.05, 3.63) is 47.3 Å². The van der Waals surface area contributed by atoms with Crippen LogP contribution in [0.25, 0.3) is 10.1 Å². The van der Waals surface area contributed by atoms with Crippen molar-refractivity contribution in [3.63, 3.8) is 0 Å². The molecule has 2 aliphatic rings. The van der Waals surface area contributed by atoms with Crippen LogP contribution in [-0.4, -0.2) is 56.9 Å². The molecule has 0 aliphatic carbocycles. The second-order valence-corrected chi connectivity index (χ2v) is 9.99. The summed E-state index contributed by atoms with van der Waals surface area (Å²) < 4.78 is 12.6. The van der Waals surface area contributed by atoms with E-state index >= 15 is 0 Å². The summed E-state index contributed by atoms with van der Waals surface area (Å²) in [6.07, 6.45) is 4.32. The number of nitrogens with zero attached hydrogens (tertiary/aromatic N) is 2. The van der Waals surface area contributed by atoms with Crippen molar-refractivity contribution in [1.82, 2.24) is 4.90 Å². The van der Waals surface area contributed by atoms with Gasteiger partial charge in [-0.25, -0.2) is 4.79 Å². The number of nitrogens with two attached hydrogens (primary N) is 1. The van der Waals surface area contributed by atoms with Gasteiger partial charge in [-0.15, -0.1) is 11.3 Å². The van der Waals surface area contributed by atoms with Gasteiger partial charge in [0.2, 0.25) is 0 Å². The molecule has 7 nitrogen and oxygen atoms in total. The SMILES string of the molecule is NC(=O)Nc1c(CCCCN2CCCN(c3ccc4c(c3)OCCO4)CC2)sc2ccccc12. The molecule has 5 rings (SSSR count). The van der Waals surface area contributed by atoms with Crippen LogP contribution >= 0.6 is 11.3 Å². The minimum absolute atomic E-state index is 0.503. The summed E-state index contributed by atoms with van der Waals surface area (Å²) in [6.45, 7) is 6.59. The van der Waals surface area contributed by atoms with Crippen LogP contribution in [0, 0.1) is 0 Å². The van der Waals surface area contributed by atoms with E-state index in [1.54, 1.807) is 11.3 Å². The molecule has 3 heterocycles. The average Bonchev–Trinajstić information content (AvgIpc) is 3.02. The molecule has 2 aliphatic heterocycles. The zero-order chi connectivity index (χ0) is 23.3. The van der Waals surface area contributed by atoms with Gasteiger partial charge in [0.05, 0.1) is 5.69 Å². The fourth-order valence-corrected chi connectivity index (χ4v) is 6.04. The summed E-state index contributed by atoms with van der Waals surface area (Å²) in [5.74, 6) is 1.70. The lowest BCUT2D eigenvalue weighted by atomic mass is 10.1. The number of hydrogen-bond donors (Lipinski definition) is 2. The highest BCUT2D eigenvalue weighted by molar-refractivity contribution is 7.19. The Hall–Kier alpha value is -2.97. The van der Waals surface area contributed by atoms with Gasteiger partial charge in [0, 0.05) is 46.4 Å². The van der Waals surface area contributed by atoms with E-state index < -0.39 is 6.03 Å². The third-order valence-corrected chi connectivity index (χ3v) is 7.75. The quantitative estimate of drug-likeness (QED) is 0.479. The Balaban J connectivity index is 1.13. The van der Waals surface area contributed by atoms with E-state index in [1.807, 2.05) is 24.3 Å². The Morgan fingerprint density at radius 3 is 2.74 bits per heavy atom. The molecule has 2 aromatic carbocycles. The molecule has 0 radical (unpaired) electrons. The molecule has 3 N–H and O–H groups in total. The van der Waals surface area contributed by atoms with Crippen molar-refractivity contribution in [2.45, 2.75) is 25.7 Å². The summed E-state index contributed by atoms with van der Waals surface area (Å²) in [5.41, 5.74) is 7.53. The van der Waals surface area contributed by atoms with Crippen LogP contribution < -0.4 is 25.4 Å². The molecular weight excluding hydrogens is 448 g/mol. The van der Waals surface area contributed by atoms with Gasteiger partial charge in [-0.05, 0) is 57.0 Å². The number of benzene rings is 2. The van der Waals surface area contributed by atoms with Gasteiger partial charge in [-0.1, -0.05) is 18.2 Å². The molecular formula is C26H32N4O3S. The highest BCUT2D eigenvalue weighted by Gasteiger charge is 2.19. The van der Waals surface area contributed by atoms with Crippen LogP contribution in [-0.2, 0) is 6.42 Å². The fraction of sp³-hybridized carbons (Fsp3) is 0.423. The van der Waals surface area contributed by atoms with Gasteiger partial charge >= 0.3 is 6.03 Å². The van der Waals surface area contributed by atoms with Crippen LogP contribution in [0.15, 0.2) is 42.5 Å². The monoisotopic (exact) mass is 480 g/mol. The van der Waals surface area contributed by atoms with Crippen molar-refractivity contribution in [1.29, 1.82) is 0 Å². The number of anilines is 2. The molecule has 0 saturated carbocycles. The molecule has 0 unspecified atom stereocenters. The van der Waals surface area contributed by atoms with Crippen LogP contribution in [0.5, 0.6) is 11.5 Å². The smallest absolute Gasteiger partial charge is 0.316 e. The molecule has 2 amide bonds. The zero-order valence-electron chi connectivity index (χ0n) is 19.4. The van der Waals surface area contributed by atoms with Crippen molar-refractivity contribution in [2.75, 3.05) is 56.2 Å². The maximum Gasteiger partial charge on any atom is 0.316 e. The normalized spacial score (nSPS) is 16.4. The number of carbonyl (C=O) groups excluding carboxylic acids is 1. The minimum atomic E-state index is -0.503. The van der Waals surface area contributed by atoms with Crippen LogP contribution in [0.3, 0.4) is 0 Å². The van der Waals surface area contributed by atoms with Crippen molar-refractivity contribution >= 4 is 38.8 Å². The summed E-state index contributed by atoms with van der Waals surface area (Å²) in [4.78, 5) is 17.8. The summed E-state index contributed by atoms with van der Waals surface area (Å²) in [6, 6.07) is 14.0. The molecule has 0 atom stereocenters. The number of amides is 2. The van der Waals surface area contributed by atoms with Crippen molar-refractivity contribution in [2.24, 2.45) is 5.73 Å². The third-order valence-electron chi connectivity index (χ3n) is 6.52. The lowest BCUT2D eigenvalue weighted by molar-refractivity contribution is 0.171. The lowest BCUT2D eigenvalue weighted by Crippen LogP contribution is -2.31. The second kappa shape index (κ2) is 10.5. The third kappa shape index (κ3) is 5.23. The van der Waals surface area contributed by atoms with E-state index in [0.29, 0.717) is 13.2 Å². The number of carbonyl (C=O) groups is 1. The molecule has 8 heteroatoms. The second-order valence-electron chi connectivity index (χ2n) is 8.85. The van der Waals surface area contributed by atoms with Gasteiger partial charge < -0.3 is 30.3 Å². The fourth-order valence-electron chi connectivity index (χ4n) is 4.83. The van der Waals surface area contributed by atoms with Crippen LogP contribution in [0.2, 0.25) is 0 Å². The highest BCUT2D eigenvalue weighted by atomic mass is 32.1. The first-order chi connectivity index (χ1) is 16.7. The number of thiophene rings is 1. The average molecular weight is 481 g/mol. The topological polar surface area (TPSA) is 80.1 Å². The van der Waals surface area contributed by atoms with Gasteiger partial charge in [0.15, 0.2) is 11.5 Å². The molecule has 0 bridgehead atoms. The predicted molar refractivity (Wildman–Crippen MR) is 139 cm³/mol. The Labute approximate surface area is 204 Å². The first kappa shape index (κ1) is 22.8. The number of urea groups is 1. The van der Waals surface area contributed by atoms with E-state index in [9.17, 15) is 4.79 Å². The van der Waals surface area contributed by atoms with Gasteiger partial charge in [-0.3, -0.25) is 0 Å². The first-order valence-corrected chi connectivity index (χ1v) is 12.9.